The van der Waals surface area contributed by atoms with Gasteiger partial charge in [0.2, 0.25) is 0 Å². The molecule has 2 aliphatic rings. The minimum absolute atomic E-state index is 0.0391. The van der Waals surface area contributed by atoms with Gasteiger partial charge in [0.05, 0.1) is 19.8 Å². The molecule has 2 saturated heterocycles. The molecule has 3 N–H and O–H groups in total. The van der Waals surface area contributed by atoms with E-state index in [-0.39, 0.29) is 38.3 Å². The van der Waals surface area contributed by atoms with Gasteiger partial charge in [-0.2, -0.15) is 13.2 Å². The van der Waals surface area contributed by atoms with Crippen LogP contribution in [0.2, 0.25) is 0 Å². The Hall–Kier alpha value is -3.38. The highest BCUT2D eigenvalue weighted by Gasteiger charge is 2.36. The average Bonchev–Trinajstić information content (AvgIpc) is 3.32. The molecule has 0 radical (unpaired) electrons. The number of hydrogen-bond donors (Lipinski definition) is 3. The van der Waals surface area contributed by atoms with Crippen LogP contribution in [0.4, 0.5) is 35.3 Å². The third kappa shape index (κ3) is 6.93. The van der Waals surface area contributed by atoms with Crippen molar-refractivity contribution in [3.05, 3.63) is 35.9 Å². The predicted octanol–water partition coefficient (Wildman–Crippen LogP) is 4.02. The van der Waals surface area contributed by atoms with E-state index in [4.69, 9.17) is 4.74 Å². The summed E-state index contributed by atoms with van der Waals surface area (Å²) in [4.78, 5) is 32.8. The quantitative estimate of drug-likeness (QED) is 0.495. The van der Waals surface area contributed by atoms with Gasteiger partial charge >= 0.3 is 12.2 Å². The molecule has 0 saturated carbocycles. The first-order valence-corrected chi connectivity index (χ1v) is 12.5. The highest BCUT2D eigenvalue weighted by molar-refractivity contribution is 5.95. The van der Waals surface area contributed by atoms with Gasteiger partial charge in [-0.15, -0.1) is 0 Å². The number of benzene rings is 1. The number of carbonyl (C=O) groups is 2. The second-order valence-corrected chi connectivity index (χ2v) is 9.81. The Labute approximate surface area is 219 Å². The Morgan fingerprint density at radius 2 is 2.05 bits per heavy atom. The maximum atomic E-state index is 12.8. The number of halogens is 3. The second-order valence-electron chi connectivity index (χ2n) is 9.81. The minimum atomic E-state index is -4.25. The zero-order chi connectivity index (χ0) is 27.4. The van der Waals surface area contributed by atoms with E-state index in [1.54, 1.807) is 36.1 Å². The van der Waals surface area contributed by atoms with Crippen molar-refractivity contribution in [1.82, 2.24) is 9.88 Å². The van der Waals surface area contributed by atoms with Crippen molar-refractivity contribution in [2.75, 3.05) is 55.0 Å². The standard InChI is InChI=1S/C26H32F3N5O4/c1-16-3-4-20(31-25(37)33-6-5-18(13-33)12-26(27,28)29)11-21(16)19-9-22(30-17(2)14-35)32-23(10-19)34-7-8-38-15-24(34)36/h3-4,9-11,17-18,35H,5-8,12-15H2,1-2H3,(H,30,32)(H,31,37)/t17-,18+/m1/s1. The summed E-state index contributed by atoms with van der Waals surface area (Å²) in [5.74, 6) is 0.0962. The fourth-order valence-corrected chi connectivity index (χ4v) is 4.67. The van der Waals surface area contributed by atoms with Crippen LogP contribution >= 0.6 is 0 Å². The number of aliphatic hydroxyl groups is 1. The molecule has 1 aromatic heterocycles. The zero-order valence-corrected chi connectivity index (χ0v) is 21.3. The third-order valence-electron chi connectivity index (χ3n) is 6.64. The van der Waals surface area contributed by atoms with Crippen LogP contribution in [0.25, 0.3) is 11.1 Å². The van der Waals surface area contributed by atoms with Crippen molar-refractivity contribution in [2.24, 2.45) is 5.92 Å². The summed E-state index contributed by atoms with van der Waals surface area (Å²) in [6.07, 6.45) is -4.83. The largest absolute Gasteiger partial charge is 0.394 e. The van der Waals surface area contributed by atoms with Crippen LogP contribution in [-0.2, 0) is 9.53 Å². The predicted molar refractivity (Wildman–Crippen MR) is 137 cm³/mol. The van der Waals surface area contributed by atoms with Crippen molar-refractivity contribution in [2.45, 2.75) is 38.9 Å². The zero-order valence-electron chi connectivity index (χ0n) is 21.3. The minimum Gasteiger partial charge on any atom is -0.394 e. The molecule has 0 spiro atoms. The van der Waals surface area contributed by atoms with E-state index in [0.717, 1.165) is 16.7 Å². The number of likely N-dealkylation sites (tertiary alicyclic amines) is 1. The van der Waals surface area contributed by atoms with Gasteiger partial charge in [0.15, 0.2) is 0 Å². The second kappa shape index (κ2) is 11.6. The van der Waals surface area contributed by atoms with E-state index in [9.17, 15) is 27.9 Å². The summed E-state index contributed by atoms with van der Waals surface area (Å²) in [5.41, 5.74) is 2.92. The maximum absolute atomic E-state index is 12.8. The third-order valence-corrected chi connectivity index (χ3v) is 6.64. The van der Waals surface area contributed by atoms with Gasteiger partial charge in [-0.25, -0.2) is 9.78 Å². The van der Waals surface area contributed by atoms with Gasteiger partial charge in [-0.1, -0.05) is 6.07 Å². The monoisotopic (exact) mass is 535 g/mol. The van der Waals surface area contributed by atoms with Crippen LogP contribution in [0, 0.1) is 12.8 Å². The molecule has 9 nitrogen and oxygen atoms in total. The Morgan fingerprint density at radius 3 is 2.76 bits per heavy atom. The average molecular weight is 536 g/mol. The van der Waals surface area contributed by atoms with Crippen LogP contribution in [-0.4, -0.2) is 78.6 Å². The molecule has 206 valence electrons. The number of aryl methyl sites for hydroxylation is 1. The molecule has 12 heteroatoms. The smallest absolute Gasteiger partial charge is 0.389 e. The number of morpholine rings is 1. The molecule has 3 amide bonds. The van der Waals surface area contributed by atoms with E-state index in [2.05, 4.69) is 15.6 Å². The number of hydrogen-bond acceptors (Lipinski definition) is 6. The molecule has 38 heavy (non-hydrogen) atoms. The lowest BCUT2D eigenvalue weighted by atomic mass is 10.00. The van der Waals surface area contributed by atoms with E-state index >= 15 is 0 Å². The van der Waals surface area contributed by atoms with E-state index < -0.39 is 24.5 Å². The van der Waals surface area contributed by atoms with E-state index in [1.165, 1.54) is 4.90 Å². The number of rotatable bonds is 7. The van der Waals surface area contributed by atoms with Crippen molar-refractivity contribution in [3.8, 4) is 11.1 Å². The number of nitrogens with zero attached hydrogens (tertiary/aromatic N) is 3. The molecule has 0 aliphatic carbocycles. The highest BCUT2D eigenvalue weighted by atomic mass is 19.4. The normalized spacial score (nSPS) is 19.0. The molecule has 0 bridgehead atoms. The molecular formula is C26H32F3N5O4. The molecular weight excluding hydrogens is 503 g/mol. The summed E-state index contributed by atoms with van der Waals surface area (Å²) in [6, 6.07) is 8.23. The summed E-state index contributed by atoms with van der Waals surface area (Å²) in [7, 11) is 0. The summed E-state index contributed by atoms with van der Waals surface area (Å²) in [5, 5.41) is 15.4. The van der Waals surface area contributed by atoms with Crippen molar-refractivity contribution < 1.29 is 32.6 Å². The molecule has 2 fully saturated rings. The number of pyridine rings is 1. The Kier molecular flexibility index (Phi) is 8.41. The molecule has 2 atom stereocenters. The molecule has 2 aliphatic heterocycles. The Balaban J connectivity index is 1.58. The number of amides is 3. The number of urea groups is 1. The van der Waals surface area contributed by atoms with Gasteiger partial charge in [-0.05, 0) is 67.1 Å². The van der Waals surface area contributed by atoms with Gasteiger partial charge in [0, 0.05) is 31.2 Å². The van der Waals surface area contributed by atoms with Gasteiger partial charge in [0.1, 0.15) is 18.2 Å². The summed E-state index contributed by atoms with van der Waals surface area (Å²) in [6.45, 7) is 4.62. The number of aliphatic hydroxyl groups excluding tert-OH is 1. The Morgan fingerprint density at radius 1 is 1.26 bits per heavy atom. The molecule has 4 rings (SSSR count). The lowest BCUT2D eigenvalue weighted by molar-refractivity contribution is -0.143. The summed E-state index contributed by atoms with van der Waals surface area (Å²) >= 11 is 0. The first kappa shape index (κ1) is 27.6. The number of alkyl halides is 3. The number of aromatic nitrogens is 1. The van der Waals surface area contributed by atoms with E-state index in [1.807, 2.05) is 13.0 Å². The summed E-state index contributed by atoms with van der Waals surface area (Å²) < 4.78 is 43.5. The van der Waals surface area contributed by atoms with Crippen LogP contribution < -0.4 is 15.5 Å². The van der Waals surface area contributed by atoms with E-state index in [0.29, 0.717) is 36.9 Å². The number of carbonyl (C=O) groups excluding carboxylic acids is 2. The van der Waals surface area contributed by atoms with Crippen LogP contribution in [0.15, 0.2) is 30.3 Å². The molecule has 3 heterocycles. The number of ether oxygens (including phenoxy) is 1. The van der Waals surface area contributed by atoms with Crippen molar-refractivity contribution >= 4 is 29.3 Å². The fraction of sp³-hybridized carbons (Fsp3) is 0.500. The van der Waals surface area contributed by atoms with Crippen molar-refractivity contribution in [1.29, 1.82) is 0 Å². The number of anilines is 3. The van der Waals surface area contributed by atoms with Gasteiger partial charge in [-0.3, -0.25) is 9.69 Å². The Bertz CT molecular complexity index is 1180. The van der Waals surface area contributed by atoms with Crippen LogP contribution in [0.1, 0.15) is 25.3 Å². The highest BCUT2D eigenvalue weighted by Crippen LogP contribution is 2.33. The number of nitrogens with one attached hydrogen (secondary N) is 2. The molecule has 1 aromatic carbocycles. The molecule has 2 aromatic rings. The van der Waals surface area contributed by atoms with Gasteiger partial charge < -0.3 is 25.4 Å². The lowest BCUT2D eigenvalue weighted by Gasteiger charge is -2.27. The lowest BCUT2D eigenvalue weighted by Crippen LogP contribution is -2.42. The van der Waals surface area contributed by atoms with Crippen LogP contribution in [0.3, 0.4) is 0 Å². The topological polar surface area (TPSA) is 107 Å². The SMILES string of the molecule is Cc1ccc(NC(=O)N2CC[C@@H](CC(F)(F)F)C2)cc1-c1cc(N[C@H](C)CO)nc(N2CCOCC2=O)c1. The first-order valence-electron chi connectivity index (χ1n) is 12.5. The van der Waals surface area contributed by atoms with Crippen molar-refractivity contribution in [3.63, 3.8) is 0 Å². The fourth-order valence-electron chi connectivity index (χ4n) is 4.67. The molecule has 0 unspecified atom stereocenters. The van der Waals surface area contributed by atoms with Crippen LogP contribution in [0.5, 0.6) is 0 Å². The maximum Gasteiger partial charge on any atom is 0.389 e. The first-order chi connectivity index (χ1) is 18.0. The van der Waals surface area contributed by atoms with Gasteiger partial charge in [0.25, 0.3) is 5.91 Å².